The Morgan fingerprint density at radius 1 is 1.03 bits per heavy atom. The Balaban J connectivity index is 1.45. The zero-order chi connectivity index (χ0) is 23.5. The average Bonchev–Trinajstić information content (AvgIpc) is 3.20. The third-order valence-corrected chi connectivity index (χ3v) is 5.60. The summed E-state index contributed by atoms with van der Waals surface area (Å²) in [7, 11) is 0. The minimum atomic E-state index is -0.595. The molecule has 3 aromatic carbocycles. The van der Waals surface area contributed by atoms with Gasteiger partial charge in [-0.25, -0.2) is 9.78 Å². The quantitative estimate of drug-likeness (QED) is 0.366. The number of imidazole rings is 1. The van der Waals surface area contributed by atoms with Gasteiger partial charge in [-0.15, -0.1) is 0 Å². The van der Waals surface area contributed by atoms with E-state index in [0.717, 1.165) is 22.4 Å². The monoisotopic (exact) mass is 453 g/mol. The molecule has 5 rings (SSSR count). The van der Waals surface area contributed by atoms with Gasteiger partial charge in [0.25, 0.3) is 5.91 Å². The molecular formula is C27H23N3O4. The maximum atomic E-state index is 13.1. The first-order chi connectivity index (χ1) is 16.6. The fourth-order valence-corrected chi connectivity index (χ4v) is 4.04. The summed E-state index contributed by atoms with van der Waals surface area (Å²) < 4.78 is 12.9. The lowest BCUT2D eigenvalue weighted by atomic mass is 10.1. The van der Waals surface area contributed by atoms with Gasteiger partial charge in [0.05, 0.1) is 29.7 Å². The highest BCUT2D eigenvalue weighted by molar-refractivity contribution is 6.05. The van der Waals surface area contributed by atoms with Gasteiger partial charge in [-0.05, 0) is 36.8 Å². The molecule has 0 unspecified atom stereocenters. The number of benzene rings is 3. The number of carbonyl (C=O) groups excluding carboxylic acids is 1. The van der Waals surface area contributed by atoms with E-state index >= 15 is 0 Å². The number of ether oxygens (including phenoxy) is 1. The molecule has 170 valence electrons. The van der Waals surface area contributed by atoms with E-state index in [1.165, 1.54) is 6.07 Å². The molecule has 34 heavy (non-hydrogen) atoms. The number of hydrogen-bond acceptors (Lipinski definition) is 5. The van der Waals surface area contributed by atoms with Crippen LogP contribution in [0.15, 0.2) is 88.1 Å². The maximum absolute atomic E-state index is 13.1. The Kier molecular flexibility index (Phi) is 5.82. The van der Waals surface area contributed by atoms with Crippen LogP contribution in [-0.2, 0) is 13.1 Å². The van der Waals surface area contributed by atoms with Crippen molar-refractivity contribution >= 4 is 27.9 Å². The van der Waals surface area contributed by atoms with E-state index in [0.29, 0.717) is 29.9 Å². The van der Waals surface area contributed by atoms with Gasteiger partial charge >= 0.3 is 5.63 Å². The second-order valence-corrected chi connectivity index (χ2v) is 7.84. The van der Waals surface area contributed by atoms with Crippen LogP contribution in [0.2, 0.25) is 0 Å². The first-order valence-corrected chi connectivity index (χ1v) is 11.1. The van der Waals surface area contributed by atoms with E-state index < -0.39 is 5.63 Å². The molecule has 0 atom stereocenters. The number of nitrogens with one attached hydrogen (secondary N) is 1. The normalized spacial score (nSPS) is 11.1. The van der Waals surface area contributed by atoms with Crippen LogP contribution in [0, 0.1) is 0 Å². The Bertz CT molecular complexity index is 1540. The third-order valence-electron chi connectivity index (χ3n) is 5.60. The summed E-state index contributed by atoms with van der Waals surface area (Å²) in [6, 6.07) is 24.3. The van der Waals surface area contributed by atoms with Crippen molar-refractivity contribution < 1.29 is 13.9 Å². The summed E-state index contributed by atoms with van der Waals surface area (Å²) in [5, 5.41) is 3.47. The minimum Gasteiger partial charge on any atom is -0.494 e. The van der Waals surface area contributed by atoms with Gasteiger partial charge in [-0.2, -0.15) is 0 Å². The number of rotatable bonds is 7. The van der Waals surface area contributed by atoms with E-state index in [-0.39, 0.29) is 18.0 Å². The van der Waals surface area contributed by atoms with Crippen LogP contribution in [0.25, 0.3) is 22.0 Å². The Morgan fingerprint density at radius 2 is 1.82 bits per heavy atom. The lowest BCUT2D eigenvalue weighted by Gasteiger charge is -2.11. The molecule has 0 saturated heterocycles. The van der Waals surface area contributed by atoms with Crippen LogP contribution in [0.1, 0.15) is 28.7 Å². The van der Waals surface area contributed by atoms with Crippen molar-refractivity contribution in [1.82, 2.24) is 14.9 Å². The first-order valence-electron chi connectivity index (χ1n) is 11.1. The molecule has 0 aliphatic carbocycles. The number of amides is 1. The SMILES string of the molecule is CCOc1ccc2c(C(=O)NCc3nc4ccccc4n3Cc3ccccc3)cc(=O)oc2c1. The van der Waals surface area contributed by atoms with Crippen molar-refractivity contribution in [2.75, 3.05) is 6.61 Å². The standard InChI is InChI=1S/C27H23N3O4/c1-2-33-19-12-13-20-21(15-26(31)34-24(20)14-19)27(32)28-16-25-29-22-10-6-7-11-23(22)30(25)17-18-8-4-3-5-9-18/h3-15H,2,16-17H2,1H3,(H,28,32). The molecule has 1 N–H and O–H groups in total. The summed E-state index contributed by atoms with van der Waals surface area (Å²) in [6.07, 6.45) is 0. The number of carbonyl (C=O) groups is 1. The van der Waals surface area contributed by atoms with Gasteiger partial charge in [0, 0.05) is 24.1 Å². The predicted octanol–water partition coefficient (Wildman–Crippen LogP) is 4.52. The maximum Gasteiger partial charge on any atom is 0.337 e. The Morgan fingerprint density at radius 3 is 2.65 bits per heavy atom. The molecular weight excluding hydrogens is 430 g/mol. The summed E-state index contributed by atoms with van der Waals surface area (Å²) in [5.41, 5.74) is 2.94. The van der Waals surface area contributed by atoms with Gasteiger partial charge < -0.3 is 19.0 Å². The topological polar surface area (TPSA) is 86.4 Å². The molecule has 0 spiro atoms. The lowest BCUT2D eigenvalue weighted by molar-refractivity contribution is 0.0950. The molecule has 0 bridgehead atoms. The molecule has 2 aromatic heterocycles. The highest BCUT2D eigenvalue weighted by atomic mass is 16.5. The lowest BCUT2D eigenvalue weighted by Crippen LogP contribution is -2.26. The zero-order valence-electron chi connectivity index (χ0n) is 18.7. The van der Waals surface area contributed by atoms with Crippen molar-refractivity contribution in [2.24, 2.45) is 0 Å². The van der Waals surface area contributed by atoms with Crippen molar-refractivity contribution in [1.29, 1.82) is 0 Å². The van der Waals surface area contributed by atoms with Gasteiger partial charge in [0.1, 0.15) is 17.2 Å². The number of hydrogen-bond donors (Lipinski definition) is 1. The van der Waals surface area contributed by atoms with E-state index in [1.807, 2.05) is 49.4 Å². The summed E-state index contributed by atoms with van der Waals surface area (Å²) in [6.45, 7) is 3.19. The van der Waals surface area contributed by atoms with E-state index in [9.17, 15) is 9.59 Å². The van der Waals surface area contributed by atoms with Gasteiger partial charge in [-0.1, -0.05) is 42.5 Å². The van der Waals surface area contributed by atoms with Gasteiger partial charge in [-0.3, -0.25) is 4.79 Å². The number of fused-ring (bicyclic) bond motifs is 2. The van der Waals surface area contributed by atoms with Crippen molar-refractivity contribution in [3.05, 3.63) is 106 Å². The van der Waals surface area contributed by atoms with Crippen molar-refractivity contribution in [2.45, 2.75) is 20.0 Å². The number of nitrogens with zero attached hydrogens (tertiary/aromatic N) is 2. The summed E-state index contributed by atoms with van der Waals surface area (Å²) >= 11 is 0. The van der Waals surface area contributed by atoms with E-state index in [2.05, 4.69) is 22.0 Å². The fourth-order valence-electron chi connectivity index (χ4n) is 4.04. The molecule has 7 heteroatoms. The molecule has 7 nitrogen and oxygen atoms in total. The largest absolute Gasteiger partial charge is 0.494 e. The molecule has 2 heterocycles. The average molecular weight is 453 g/mol. The highest BCUT2D eigenvalue weighted by Gasteiger charge is 2.16. The van der Waals surface area contributed by atoms with Crippen LogP contribution < -0.4 is 15.7 Å². The smallest absolute Gasteiger partial charge is 0.337 e. The Labute approximate surface area is 195 Å². The van der Waals surface area contributed by atoms with Gasteiger partial charge in [0.15, 0.2) is 0 Å². The predicted molar refractivity (Wildman–Crippen MR) is 130 cm³/mol. The van der Waals surface area contributed by atoms with Crippen LogP contribution in [-0.4, -0.2) is 22.1 Å². The zero-order valence-corrected chi connectivity index (χ0v) is 18.7. The van der Waals surface area contributed by atoms with Gasteiger partial charge in [0.2, 0.25) is 0 Å². The molecule has 0 saturated carbocycles. The van der Waals surface area contributed by atoms with E-state index in [4.69, 9.17) is 14.1 Å². The van der Waals surface area contributed by atoms with Crippen LogP contribution in [0.3, 0.4) is 0 Å². The fraction of sp³-hybridized carbons (Fsp3) is 0.148. The van der Waals surface area contributed by atoms with Crippen LogP contribution in [0.5, 0.6) is 5.75 Å². The molecule has 0 aliphatic rings. The molecule has 1 amide bonds. The highest BCUT2D eigenvalue weighted by Crippen LogP contribution is 2.23. The Hall–Kier alpha value is -4.39. The molecule has 5 aromatic rings. The third kappa shape index (κ3) is 4.28. The van der Waals surface area contributed by atoms with Crippen LogP contribution in [0.4, 0.5) is 0 Å². The second-order valence-electron chi connectivity index (χ2n) is 7.84. The minimum absolute atomic E-state index is 0.207. The van der Waals surface area contributed by atoms with E-state index in [1.54, 1.807) is 18.2 Å². The van der Waals surface area contributed by atoms with Crippen molar-refractivity contribution in [3.63, 3.8) is 0 Å². The summed E-state index contributed by atoms with van der Waals surface area (Å²) in [4.78, 5) is 30.0. The number of aromatic nitrogens is 2. The van der Waals surface area contributed by atoms with Crippen LogP contribution >= 0.6 is 0 Å². The second kappa shape index (κ2) is 9.23. The summed E-state index contributed by atoms with van der Waals surface area (Å²) in [5.74, 6) is 0.926. The number of para-hydroxylation sites is 2. The first kappa shape index (κ1) is 21.5. The molecule has 0 aliphatic heterocycles. The molecule has 0 fully saturated rings. The van der Waals surface area contributed by atoms with Crippen molar-refractivity contribution in [3.8, 4) is 5.75 Å². The molecule has 0 radical (unpaired) electrons.